The Morgan fingerprint density at radius 2 is 2.45 bits per heavy atom. The van der Waals surface area contributed by atoms with E-state index >= 15 is 0 Å². The molecular formula is C13H13N5OS. The van der Waals surface area contributed by atoms with Gasteiger partial charge in [-0.05, 0) is 17.5 Å². The lowest BCUT2D eigenvalue weighted by molar-refractivity contribution is 0.0947. The molecule has 0 radical (unpaired) electrons. The van der Waals surface area contributed by atoms with E-state index in [-0.39, 0.29) is 5.91 Å². The van der Waals surface area contributed by atoms with Crippen molar-refractivity contribution >= 4 is 17.2 Å². The summed E-state index contributed by atoms with van der Waals surface area (Å²) in [4.78, 5) is 15.9. The first-order chi connectivity index (χ1) is 9.83. The van der Waals surface area contributed by atoms with Crippen molar-refractivity contribution < 1.29 is 4.79 Å². The van der Waals surface area contributed by atoms with Gasteiger partial charge < -0.3 is 9.88 Å². The molecule has 0 atom stereocenters. The average Bonchev–Trinajstić information content (AvgIpc) is 3.20. The quantitative estimate of drug-likeness (QED) is 0.751. The van der Waals surface area contributed by atoms with Crippen LogP contribution in [0.1, 0.15) is 10.5 Å². The summed E-state index contributed by atoms with van der Waals surface area (Å²) in [6, 6.07) is 3.73. The maximum Gasteiger partial charge on any atom is 0.269 e. The first-order valence-corrected chi connectivity index (χ1v) is 7.09. The molecule has 0 spiro atoms. The highest BCUT2D eigenvalue weighted by Crippen LogP contribution is 2.20. The van der Waals surface area contributed by atoms with E-state index in [0.717, 1.165) is 11.3 Å². The summed E-state index contributed by atoms with van der Waals surface area (Å²) >= 11 is 1.60. The molecule has 20 heavy (non-hydrogen) atoms. The van der Waals surface area contributed by atoms with Crippen molar-refractivity contribution in [2.75, 3.05) is 6.54 Å². The predicted molar refractivity (Wildman–Crippen MR) is 76.5 cm³/mol. The molecule has 7 heteroatoms. The Hall–Kier alpha value is -2.41. The van der Waals surface area contributed by atoms with Crippen LogP contribution in [0, 0.1) is 0 Å². The molecular weight excluding hydrogens is 274 g/mol. The highest BCUT2D eigenvalue weighted by molar-refractivity contribution is 7.08. The van der Waals surface area contributed by atoms with Gasteiger partial charge in [0, 0.05) is 36.4 Å². The van der Waals surface area contributed by atoms with Gasteiger partial charge >= 0.3 is 0 Å². The molecule has 3 rings (SSSR count). The van der Waals surface area contributed by atoms with E-state index in [1.165, 1.54) is 0 Å². The molecule has 102 valence electrons. The molecule has 2 N–H and O–H groups in total. The number of hydrogen-bond acceptors (Lipinski definition) is 4. The van der Waals surface area contributed by atoms with Crippen LogP contribution in [0.15, 0.2) is 41.6 Å². The number of rotatable bonds is 5. The number of nitrogens with one attached hydrogen (secondary N) is 2. The number of nitrogens with zero attached hydrogens (tertiary/aromatic N) is 3. The number of carbonyl (C=O) groups excluding carboxylic acids is 1. The van der Waals surface area contributed by atoms with Crippen LogP contribution in [0.3, 0.4) is 0 Å². The predicted octanol–water partition coefficient (Wildman–Crippen LogP) is 1.76. The third-order valence-corrected chi connectivity index (χ3v) is 3.54. The van der Waals surface area contributed by atoms with Gasteiger partial charge in [0.1, 0.15) is 5.69 Å². The number of hydrogen-bond donors (Lipinski definition) is 2. The van der Waals surface area contributed by atoms with Gasteiger partial charge in [-0.1, -0.05) is 0 Å². The zero-order valence-corrected chi connectivity index (χ0v) is 11.4. The number of thiophene rings is 1. The Balaban J connectivity index is 1.57. The van der Waals surface area contributed by atoms with Crippen molar-refractivity contribution in [2.24, 2.45) is 0 Å². The van der Waals surface area contributed by atoms with Crippen molar-refractivity contribution in [2.45, 2.75) is 6.54 Å². The van der Waals surface area contributed by atoms with Gasteiger partial charge in [-0.25, -0.2) is 4.98 Å². The number of imidazole rings is 1. The number of H-pyrrole nitrogens is 1. The van der Waals surface area contributed by atoms with E-state index in [4.69, 9.17) is 0 Å². The Morgan fingerprint density at radius 3 is 3.20 bits per heavy atom. The van der Waals surface area contributed by atoms with Crippen LogP contribution in [-0.2, 0) is 6.54 Å². The molecule has 3 aromatic heterocycles. The van der Waals surface area contributed by atoms with Crippen molar-refractivity contribution in [3.05, 3.63) is 47.3 Å². The zero-order chi connectivity index (χ0) is 13.8. The summed E-state index contributed by atoms with van der Waals surface area (Å²) in [6.45, 7) is 1.24. The van der Waals surface area contributed by atoms with Gasteiger partial charge in [0.05, 0.1) is 12.0 Å². The molecule has 1 amide bonds. The van der Waals surface area contributed by atoms with Crippen molar-refractivity contribution in [3.8, 4) is 11.3 Å². The van der Waals surface area contributed by atoms with Crippen LogP contribution in [0.4, 0.5) is 0 Å². The number of amides is 1. The fourth-order valence-electron chi connectivity index (χ4n) is 1.81. The van der Waals surface area contributed by atoms with Gasteiger partial charge in [0.2, 0.25) is 0 Å². The zero-order valence-electron chi connectivity index (χ0n) is 10.6. The molecule has 0 unspecified atom stereocenters. The van der Waals surface area contributed by atoms with Crippen LogP contribution in [-0.4, -0.2) is 32.2 Å². The first-order valence-electron chi connectivity index (χ1n) is 6.15. The van der Waals surface area contributed by atoms with Crippen LogP contribution in [0.2, 0.25) is 0 Å². The summed E-state index contributed by atoms with van der Waals surface area (Å²) in [7, 11) is 0. The molecule has 3 aromatic rings. The summed E-state index contributed by atoms with van der Waals surface area (Å²) in [5.41, 5.74) is 2.27. The van der Waals surface area contributed by atoms with Crippen molar-refractivity contribution in [3.63, 3.8) is 0 Å². The highest BCUT2D eigenvalue weighted by Gasteiger charge is 2.10. The Labute approximate surface area is 119 Å². The molecule has 0 aliphatic carbocycles. The maximum absolute atomic E-state index is 12.0. The minimum atomic E-state index is -0.154. The lowest BCUT2D eigenvalue weighted by atomic mass is 10.2. The standard InChI is InChI=1S/C13H13N5OS/c19-13(15-3-5-18-4-2-14-9-18)12-7-11(16-17-12)10-1-6-20-8-10/h1-2,4,6-9H,3,5H2,(H,15,19)(H,16,17). The normalized spacial score (nSPS) is 10.6. The SMILES string of the molecule is O=C(NCCn1ccnc1)c1cc(-c2ccsc2)n[nH]1. The monoisotopic (exact) mass is 287 g/mol. The minimum absolute atomic E-state index is 0.154. The van der Waals surface area contributed by atoms with Gasteiger partial charge in [-0.15, -0.1) is 0 Å². The first kappa shape index (κ1) is 12.6. The van der Waals surface area contributed by atoms with E-state index in [1.54, 1.807) is 29.9 Å². The third kappa shape index (κ3) is 2.77. The van der Waals surface area contributed by atoms with Crippen LogP contribution in [0.25, 0.3) is 11.3 Å². The van der Waals surface area contributed by atoms with Gasteiger partial charge in [0.15, 0.2) is 0 Å². The Kier molecular flexibility index (Phi) is 3.60. The number of aromatic amines is 1. The molecule has 0 aliphatic heterocycles. The van der Waals surface area contributed by atoms with Gasteiger partial charge in [-0.2, -0.15) is 16.4 Å². The number of aromatic nitrogens is 4. The molecule has 0 saturated heterocycles. The summed E-state index contributed by atoms with van der Waals surface area (Å²) < 4.78 is 1.91. The Morgan fingerprint density at radius 1 is 1.50 bits per heavy atom. The smallest absolute Gasteiger partial charge is 0.269 e. The van der Waals surface area contributed by atoms with E-state index in [9.17, 15) is 4.79 Å². The van der Waals surface area contributed by atoms with E-state index in [2.05, 4.69) is 20.5 Å². The topological polar surface area (TPSA) is 75.6 Å². The lowest BCUT2D eigenvalue weighted by Gasteiger charge is -2.03. The van der Waals surface area contributed by atoms with Crippen LogP contribution in [0.5, 0.6) is 0 Å². The highest BCUT2D eigenvalue weighted by atomic mass is 32.1. The number of carbonyl (C=O) groups is 1. The molecule has 0 aromatic carbocycles. The third-order valence-electron chi connectivity index (χ3n) is 2.85. The summed E-state index contributed by atoms with van der Waals surface area (Å²) in [5.74, 6) is -0.154. The van der Waals surface area contributed by atoms with E-state index in [1.807, 2.05) is 27.6 Å². The molecule has 6 nitrogen and oxygen atoms in total. The molecule has 0 fully saturated rings. The van der Waals surface area contributed by atoms with Crippen LogP contribution >= 0.6 is 11.3 Å². The molecule has 0 bridgehead atoms. The minimum Gasteiger partial charge on any atom is -0.349 e. The summed E-state index contributed by atoms with van der Waals surface area (Å²) in [5, 5.41) is 13.7. The maximum atomic E-state index is 12.0. The molecule has 3 heterocycles. The second kappa shape index (κ2) is 5.70. The lowest BCUT2D eigenvalue weighted by Crippen LogP contribution is -2.27. The fourth-order valence-corrected chi connectivity index (χ4v) is 2.46. The van der Waals surface area contributed by atoms with Crippen LogP contribution < -0.4 is 5.32 Å². The van der Waals surface area contributed by atoms with E-state index < -0.39 is 0 Å². The van der Waals surface area contributed by atoms with E-state index in [0.29, 0.717) is 18.8 Å². The average molecular weight is 287 g/mol. The van der Waals surface area contributed by atoms with Crippen molar-refractivity contribution in [1.82, 2.24) is 25.1 Å². The van der Waals surface area contributed by atoms with Crippen molar-refractivity contribution in [1.29, 1.82) is 0 Å². The van der Waals surface area contributed by atoms with Gasteiger partial charge in [-0.3, -0.25) is 9.89 Å². The summed E-state index contributed by atoms with van der Waals surface area (Å²) in [6.07, 6.45) is 5.29. The second-order valence-electron chi connectivity index (χ2n) is 4.24. The fraction of sp³-hybridized carbons (Fsp3) is 0.154. The molecule has 0 aliphatic rings. The largest absolute Gasteiger partial charge is 0.349 e. The second-order valence-corrected chi connectivity index (χ2v) is 5.02. The Bertz CT molecular complexity index is 672. The van der Waals surface area contributed by atoms with Gasteiger partial charge in [0.25, 0.3) is 5.91 Å². The molecule has 0 saturated carbocycles.